The monoisotopic (exact) mass is 303 g/mol. The minimum Gasteiger partial charge on any atom is -0.341 e. The summed E-state index contributed by atoms with van der Waals surface area (Å²) >= 11 is 12.0. The molecule has 0 unspecified atom stereocenters. The van der Waals surface area contributed by atoms with Crippen molar-refractivity contribution in [2.75, 3.05) is 20.6 Å². The topological polar surface area (TPSA) is 61.4 Å². The molecule has 1 aromatic rings. The van der Waals surface area contributed by atoms with Crippen molar-refractivity contribution in [1.82, 2.24) is 15.5 Å². The van der Waals surface area contributed by atoms with Gasteiger partial charge in [0.25, 0.3) is 0 Å². The zero-order chi connectivity index (χ0) is 14.4. The second-order valence-corrected chi connectivity index (χ2v) is 4.80. The Balaban J connectivity index is 2.55. The van der Waals surface area contributed by atoms with Gasteiger partial charge < -0.3 is 5.32 Å². The van der Waals surface area contributed by atoms with Crippen LogP contribution in [0.5, 0.6) is 0 Å². The number of urea groups is 1. The van der Waals surface area contributed by atoms with E-state index < -0.39 is 6.03 Å². The summed E-state index contributed by atoms with van der Waals surface area (Å²) in [5, 5.41) is 5.44. The molecule has 1 aromatic carbocycles. The number of hydrogen-bond donors (Lipinski definition) is 2. The Morgan fingerprint density at radius 2 is 2.00 bits per heavy atom. The van der Waals surface area contributed by atoms with Crippen LogP contribution in [0.2, 0.25) is 10.0 Å². The van der Waals surface area contributed by atoms with Crippen molar-refractivity contribution < 1.29 is 9.59 Å². The fourth-order valence-electron chi connectivity index (χ4n) is 1.49. The molecular formula is C12H15Cl2N3O2. The predicted molar refractivity (Wildman–Crippen MR) is 75.4 cm³/mol. The van der Waals surface area contributed by atoms with E-state index in [0.29, 0.717) is 16.6 Å². The van der Waals surface area contributed by atoms with Gasteiger partial charge in [-0.15, -0.1) is 0 Å². The zero-order valence-electron chi connectivity index (χ0n) is 10.7. The minimum absolute atomic E-state index is 0.0796. The van der Waals surface area contributed by atoms with Crippen molar-refractivity contribution in [3.63, 3.8) is 0 Å². The molecule has 1 rings (SSSR count). The van der Waals surface area contributed by atoms with Gasteiger partial charge >= 0.3 is 6.03 Å². The number of amides is 3. The highest BCUT2D eigenvalue weighted by atomic mass is 35.5. The predicted octanol–water partition coefficient (Wildman–Crippen LogP) is 1.88. The van der Waals surface area contributed by atoms with Gasteiger partial charge in [0, 0.05) is 13.6 Å². The summed E-state index contributed by atoms with van der Waals surface area (Å²) in [6.45, 7) is 0.539. The highest BCUT2D eigenvalue weighted by Gasteiger charge is 2.12. The third-order valence-corrected chi connectivity index (χ3v) is 3.22. The molecular weight excluding hydrogens is 289 g/mol. The molecule has 2 N–H and O–H groups in total. The van der Waals surface area contributed by atoms with Gasteiger partial charge in [0.05, 0.1) is 16.6 Å². The molecule has 0 aliphatic rings. The van der Waals surface area contributed by atoms with Crippen LogP contribution in [0.25, 0.3) is 0 Å². The van der Waals surface area contributed by atoms with Gasteiger partial charge in [-0.05, 0) is 18.7 Å². The largest absolute Gasteiger partial charge is 0.341 e. The molecule has 0 spiro atoms. The highest BCUT2D eigenvalue weighted by molar-refractivity contribution is 6.42. The third-order valence-electron chi connectivity index (χ3n) is 2.37. The fourth-order valence-corrected chi connectivity index (χ4v) is 1.87. The number of halogens is 2. The van der Waals surface area contributed by atoms with Gasteiger partial charge in [0.1, 0.15) is 0 Å². The number of nitrogens with zero attached hydrogens (tertiary/aromatic N) is 1. The van der Waals surface area contributed by atoms with Crippen molar-refractivity contribution in [2.24, 2.45) is 0 Å². The first-order chi connectivity index (χ1) is 8.93. The van der Waals surface area contributed by atoms with Crippen LogP contribution in [0, 0.1) is 0 Å². The van der Waals surface area contributed by atoms with E-state index in [-0.39, 0.29) is 12.5 Å². The van der Waals surface area contributed by atoms with E-state index in [1.165, 1.54) is 7.05 Å². The number of benzene rings is 1. The molecule has 0 saturated carbocycles. The van der Waals surface area contributed by atoms with E-state index in [0.717, 1.165) is 5.56 Å². The van der Waals surface area contributed by atoms with Crippen LogP contribution in [-0.2, 0) is 11.3 Å². The maximum Gasteiger partial charge on any atom is 0.321 e. The third kappa shape index (κ3) is 5.06. The number of hydrogen-bond acceptors (Lipinski definition) is 3. The van der Waals surface area contributed by atoms with Crippen molar-refractivity contribution in [3.8, 4) is 0 Å². The van der Waals surface area contributed by atoms with E-state index in [1.54, 1.807) is 24.1 Å². The Kier molecular flexibility index (Phi) is 6.08. The number of rotatable bonds is 4. The van der Waals surface area contributed by atoms with Crippen LogP contribution < -0.4 is 10.6 Å². The van der Waals surface area contributed by atoms with E-state index in [2.05, 4.69) is 10.6 Å². The summed E-state index contributed by atoms with van der Waals surface area (Å²) in [5.74, 6) is -0.389. The Morgan fingerprint density at radius 1 is 1.32 bits per heavy atom. The second-order valence-electron chi connectivity index (χ2n) is 4.01. The van der Waals surface area contributed by atoms with Crippen LogP contribution >= 0.6 is 23.2 Å². The Bertz CT molecular complexity index is 480. The first kappa shape index (κ1) is 15.8. The molecule has 0 aromatic heterocycles. The number of nitrogens with one attached hydrogen (secondary N) is 2. The summed E-state index contributed by atoms with van der Waals surface area (Å²) in [6, 6.07) is 4.80. The SMILES string of the molecule is CNC(=O)NC(=O)CN(C)Cc1cccc(Cl)c1Cl. The van der Waals surface area contributed by atoms with Gasteiger partial charge in [-0.1, -0.05) is 35.3 Å². The molecule has 7 heteroatoms. The number of carbonyl (C=O) groups is 2. The van der Waals surface area contributed by atoms with Crippen LogP contribution in [0.3, 0.4) is 0 Å². The van der Waals surface area contributed by atoms with Crippen molar-refractivity contribution >= 4 is 35.1 Å². The van der Waals surface area contributed by atoms with Gasteiger partial charge in [0.2, 0.25) is 5.91 Å². The lowest BCUT2D eigenvalue weighted by Crippen LogP contribution is -2.42. The number of imide groups is 1. The quantitative estimate of drug-likeness (QED) is 0.893. The zero-order valence-corrected chi connectivity index (χ0v) is 12.2. The molecule has 3 amide bonds. The molecule has 0 radical (unpaired) electrons. The normalized spacial score (nSPS) is 10.4. The molecule has 0 saturated heterocycles. The lowest BCUT2D eigenvalue weighted by molar-refractivity contribution is -0.120. The maximum absolute atomic E-state index is 11.5. The molecule has 0 atom stereocenters. The molecule has 104 valence electrons. The van der Waals surface area contributed by atoms with E-state index in [9.17, 15) is 9.59 Å². The van der Waals surface area contributed by atoms with Gasteiger partial charge in [0.15, 0.2) is 0 Å². The Labute approximate surface area is 121 Å². The summed E-state index contributed by atoms with van der Waals surface area (Å²) in [6.07, 6.45) is 0. The van der Waals surface area contributed by atoms with Crippen molar-refractivity contribution in [2.45, 2.75) is 6.54 Å². The summed E-state index contributed by atoms with van der Waals surface area (Å²) in [4.78, 5) is 24.2. The van der Waals surface area contributed by atoms with Gasteiger partial charge in [-0.3, -0.25) is 15.0 Å². The lowest BCUT2D eigenvalue weighted by Gasteiger charge is -2.17. The molecule has 5 nitrogen and oxygen atoms in total. The summed E-state index contributed by atoms with van der Waals surface area (Å²) in [7, 11) is 3.19. The molecule has 0 aliphatic carbocycles. The molecule has 19 heavy (non-hydrogen) atoms. The number of carbonyl (C=O) groups excluding carboxylic acids is 2. The molecule has 0 fully saturated rings. The maximum atomic E-state index is 11.5. The Hall–Kier alpha value is -1.30. The van der Waals surface area contributed by atoms with Crippen LogP contribution in [0.1, 0.15) is 5.56 Å². The van der Waals surface area contributed by atoms with Gasteiger partial charge in [-0.2, -0.15) is 0 Å². The smallest absolute Gasteiger partial charge is 0.321 e. The van der Waals surface area contributed by atoms with E-state index in [4.69, 9.17) is 23.2 Å². The standard InChI is InChI=1S/C12H15Cl2N3O2/c1-15-12(19)16-10(18)7-17(2)6-8-4-3-5-9(13)11(8)14/h3-5H,6-7H2,1-2H3,(H2,15,16,18,19). The highest BCUT2D eigenvalue weighted by Crippen LogP contribution is 2.26. The fraction of sp³-hybridized carbons (Fsp3) is 0.333. The first-order valence-electron chi connectivity index (χ1n) is 5.57. The van der Waals surface area contributed by atoms with E-state index >= 15 is 0 Å². The molecule has 0 aliphatic heterocycles. The van der Waals surface area contributed by atoms with Crippen LogP contribution in [0.4, 0.5) is 4.79 Å². The molecule has 0 heterocycles. The molecule has 0 bridgehead atoms. The van der Waals surface area contributed by atoms with Crippen molar-refractivity contribution in [1.29, 1.82) is 0 Å². The van der Waals surface area contributed by atoms with Crippen LogP contribution in [-0.4, -0.2) is 37.5 Å². The second kappa shape index (κ2) is 7.33. The lowest BCUT2D eigenvalue weighted by atomic mass is 10.2. The van der Waals surface area contributed by atoms with Gasteiger partial charge in [-0.25, -0.2) is 4.79 Å². The Morgan fingerprint density at radius 3 is 2.63 bits per heavy atom. The van der Waals surface area contributed by atoms with E-state index in [1.807, 2.05) is 6.07 Å². The average molecular weight is 304 g/mol. The number of likely N-dealkylation sites (N-methyl/N-ethyl adjacent to an activating group) is 1. The minimum atomic E-state index is -0.529. The summed E-state index contributed by atoms with van der Waals surface area (Å²) in [5.41, 5.74) is 0.824. The van der Waals surface area contributed by atoms with Crippen LogP contribution in [0.15, 0.2) is 18.2 Å². The summed E-state index contributed by atoms with van der Waals surface area (Å²) < 4.78 is 0. The first-order valence-corrected chi connectivity index (χ1v) is 6.32. The average Bonchev–Trinajstić information content (AvgIpc) is 2.34. The van der Waals surface area contributed by atoms with Crippen molar-refractivity contribution in [3.05, 3.63) is 33.8 Å².